The number of hydrogen-bond donors (Lipinski definition) is 1. The Morgan fingerprint density at radius 2 is 1.80 bits per heavy atom. The van der Waals surface area contributed by atoms with Gasteiger partial charge in [-0.1, -0.05) is 38.1 Å². The molecule has 2 heteroatoms. The standard InChI is InChI=1S/C18H16N2/c1-11(2)12-7-8-15-14(9-12)18-13-5-3-4-6-16(13)20-17(18)10-19-15/h3-11,20H,1-2H3. The topological polar surface area (TPSA) is 28.7 Å². The number of rotatable bonds is 1. The number of aromatic amines is 1. The Balaban J connectivity index is 2.22. The van der Waals surface area contributed by atoms with E-state index in [-0.39, 0.29) is 0 Å². The third-order valence-corrected chi connectivity index (χ3v) is 4.02. The maximum absolute atomic E-state index is 4.57. The van der Waals surface area contributed by atoms with Crippen LogP contribution in [0.15, 0.2) is 48.7 Å². The van der Waals surface area contributed by atoms with E-state index in [0.717, 1.165) is 11.0 Å². The summed E-state index contributed by atoms with van der Waals surface area (Å²) in [5.74, 6) is 0.528. The lowest BCUT2D eigenvalue weighted by molar-refractivity contribution is 0.869. The van der Waals surface area contributed by atoms with Crippen LogP contribution in [0.4, 0.5) is 0 Å². The van der Waals surface area contributed by atoms with Crippen LogP contribution in [0.3, 0.4) is 0 Å². The van der Waals surface area contributed by atoms with Gasteiger partial charge in [0.2, 0.25) is 0 Å². The van der Waals surface area contributed by atoms with Crippen molar-refractivity contribution in [2.45, 2.75) is 19.8 Å². The van der Waals surface area contributed by atoms with Crippen LogP contribution >= 0.6 is 0 Å². The van der Waals surface area contributed by atoms with Crippen LogP contribution < -0.4 is 0 Å². The van der Waals surface area contributed by atoms with Crippen LogP contribution in [0.2, 0.25) is 0 Å². The SMILES string of the molecule is CC(C)c1ccc2ncc3[nH]c4ccccc4c3c2c1. The second-order valence-corrected chi connectivity index (χ2v) is 5.65. The monoisotopic (exact) mass is 260 g/mol. The Morgan fingerprint density at radius 1 is 0.950 bits per heavy atom. The second-order valence-electron chi connectivity index (χ2n) is 5.65. The van der Waals surface area contributed by atoms with E-state index in [2.05, 4.69) is 66.3 Å². The van der Waals surface area contributed by atoms with Crippen molar-refractivity contribution < 1.29 is 0 Å². The van der Waals surface area contributed by atoms with Gasteiger partial charge in [0.15, 0.2) is 0 Å². The van der Waals surface area contributed by atoms with E-state index in [1.54, 1.807) is 0 Å². The average molecular weight is 260 g/mol. The third kappa shape index (κ3) is 1.54. The highest BCUT2D eigenvalue weighted by Crippen LogP contribution is 2.32. The summed E-state index contributed by atoms with van der Waals surface area (Å²) in [4.78, 5) is 8.03. The fourth-order valence-electron chi connectivity index (χ4n) is 2.91. The van der Waals surface area contributed by atoms with E-state index >= 15 is 0 Å². The minimum atomic E-state index is 0.528. The van der Waals surface area contributed by atoms with Crippen molar-refractivity contribution in [2.24, 2.45) is 0 Å². The smallest absolute Gasteiger partial charge is 0.0710 e. The quantitative estimate of drug-likeness (QED) is 0.513. The van der Waals surface area contributed by atoms with Crippen LogP contribution in [0.25, 0.3) is 32.7 Å². The van der Waals surface area contributed by atoms with E-state index in [1.807, 2.05) is 6.20 Å². The molecule has 0 fully saturated rings. The van der Waals surface area contributed by atoms with E-state index in [1.165, 1.54) is 27.2 Å². The Kier molecular flexibility index (Phi) is 2.34. The summed E-state index contributed by atoms with van der Waals surface area (Å²) in [7, 11) is 0. The number of aromatic nitrogens is 2. The van der Waals surface area contributed by atoms with Crippen molar-refractivity contribution in [3.05, 3.63) is 54.2 Å². The summed E-state index contributed by atoms with van der Waals surface area (Å²) in [5, 5.41) is 3.80. The molecular formula is C18H16N2. The van der Waals surface area contributed by atoms with Crippen LogP contribution in [-0.4, -0.2) is 9.97 Å². The molecule has 0 bridgehead atoms. The molecule has 98 valence electrons. The highest BCUT2D eigenvalue weighted by atomic mass is 14.8. The van der Waals surface area contributed by atoms with Crippen molar-refractivity contribution in [1.29, 1.82) is 0 Å². The van der Waals surface area contributed by atoms with Gasteiger partial charge < -0.3 is 4.98 Å². The predicted octanol–water partition coefficient (Wildman–Crippen LogP) is 4.99. The number of para-hydroxylation sites is 1. The van der Waals surface area contributed by atoms with Gasteiger partial charge >= 0.3 is 0 Å². The van der Waals surface area contributed by atoms with Crippen LogP contribution in [0.5, 0.6) is 0 Å². The minimum absolute atomic E-state index is 0.528. The summed E-state index contributed by atoms with van der Waals surface area (Å²) >= 11 is 0. The number of hydrogen-bond acceptors (Lipinski definition) is 1. The van der Waals surface area contributed by atoms with Gasteiger partial charge in [0.05, 0.1) is 17.2 Å². The lowest BCUT2D eigenvalue weighted by Gasteiger charge is -2.07. The third-order valence-electron chi connectivity index (χ3n) is 4.02. The molecule has 0 saturated carbocycles. The number of nitrogens with zero attached hydrogens (tertiary/aromatic N) is 1. The highest BCUT2D eigenvalue weighted by Gasteiger charge is 2.10. The minimum Gasteiger partial charge on any atom is -0.353 e. The zero-order valence-electron chi connectivity index (χ0n) is 11.6. The summed E-state index contributed by atoms with van der Waals surface area (Å²) < 4.78 is 0. The van der Waals surface area contributed by atoms with Gasteiger partial charge in [0.25, 0.3) is 0 Å². The molecule has 0 aliphatic heterocycles. The highest BCUT2D eigenvalue weighted by molar-refractivity contribution is 6.19. The van der Waals surface area contributed by atoms with Gasteiger partial charge in [-0.2, -0.15) is 0 Å². The molecule has 0 aliphatic rings. The van der Waals surface area contributed by atoms with Crippen molar-refractivity contribution >= 4 is 32.7 Å². The Hall–Kier alpha value is -2.35. The Labute approximate surface area is 117 Å². The van der Waals surface area contributed by atoms with Gasteiger partial charge in [-0.25, -0.2) is 0 Å². The molecule has 20 heavy (non-hydrogen) atoms. The molecule has 0 unspecified atom stereocenters. The first-order valence-corrected chi connectivity index (χ1v) is 7.03. The van der Waals surface area contributed by atoms with Crippen molar-refractivity contribution in [2.75, 3.05) is 0 Å². The largest absolute Gasteiger partial charge is 0.353 e. The van der Waals surface area contributed by atoms with Crippen LogP contribution in [0, 0.1) is 0 Å². The molecule has 4 aromatic rings. The van der Waals surface area contributed by atoms with Gasteiger partial charge in [-0.15, -0.1) is 0 Å². The molecule has 0 atom stereocenters. The molecule has 2 heterocycles. The van der Waals surface area contributed by atoms with Crippen LogP contribution in [0.1, 0.15) is 25.3 Å². The average Bonchev–Trinajstić information content (AvgIpc) is 2.85. The van der Waals surface area contributed by atoms with Gasteiger partial charge in [0, 0.05) is 21.7 Å². The molecule has 0 aliphatic carbocycles. The number of pyridine rings is 1. The van der Waals surface area contributed by atoms with E-state index < -0.39 is 0 Å². The summed E-state index contributed by atoms with van der Waals surface area (Å²) in [6.07, 6.45) is 1.94. The molecule has 0 amide bonds. The number of benzene rings is 2. The first-order valence-electron chi connectivity index (χ1n) is 7.03. The Bertz CT molecular complexity index is 932. The van der Waals surface area contributed by atoms with Crippen molar-refractivity contribution in [3.63, 3.8) is 0 Å². The molecule has 0 saturated heterocycles. The number of fused-ring (bicyclic) bond motifs is 5. The van der Waals surface area contributed by atoms with E-state index in [9.17, 15) is 0 Å². The van der Waals surface area contributed by atoms with E-state index in [0.29, 0.717) is 5.92 Å². The van der Waals surface area contributed by atoms with Crippen LogP contribution in [-0.2, 0) is 0 Å². The molecule has 0 radical (unpaired) electrons. The van der Waals surface area contributed by atoms with Crippen molar-refractivity contribution in [3.8, 4) is 0 Å². The Morgan fingerprint density at radius 3 is 2.65 bits per heavy atom. The molecule has 1 N–H and O–H groups in total. The maximum atomic E-state index is 4.57. The molecular weight excluding hydrogens is 244 g/mol. The number of nitrogens with one attached hydrogen (secondary N) is 1. The van der Waals surface area contributed by atoms with Crippen molar-refractivity contribution in [1.82, 2.24) is 9.97 Å². The zero-order chi connectivity index (χ0) is 13.7. The lowest BCUT2D eigenvalue weighted by Crippen LogP contribution is -1.88. The summed E-state index contributed by atoms with van der Waals surface area (Å²) in [6, 6.07) is 15.0. The molecule has 2 nitrogen and oxygen atoms in total. The predicted molar refractivity (Wildman–Crippen MR) is 85.2 cm³/mol. The normalized spacial score (nSPS) is 11.9. The fourth-order valence-corrected chi connectivity index (χ4v) is 2.91. The molecule has 2 aromatic carbocycles. The van der Waals surface area contributed by atoms with E-state index in [4.69, 9.17) is 0 Å². The molecule has 0 spiro atoms. The van der Waals surface area contributed by atoms with Gasteiger partial charge in [-0.3, -0.25) is 4.98 Å². The maximum Gasteiger partial charge on any atom is 0.0710 e. The fraction of sp³-hybridized carbons (Fsp3) is 0.167. The second kappa shape index (κ2) is 4.07. The first-order chi connectivity index (χ1) is 9.74. The molecule has 2 aromatic heterocycles. The summed E-state index contributed by atoms with van der Waals surface area (Å²) in [5.41, 5.74) is 4.70. The van der Waals surface area contributed by atoms with Gasteiger partial charge in [0.1, 0.15) is 0 Å². The zero-order valence-corrected chi connectivity index (χ0v) is 11.6. The lowest BCUT2D eigenvalue weighted by atomic mass is 9.99. The number of H-pyrrole nitrogens is 1. The first kappa shape index (κ1) is 11.5. The summed E-state index contributed by atoms with van der Waals surface area (Å²) in [6.45, 7) is 4.45. The molecule has 4 rings (SSSR count). The van der Waals surface area contributed by atoms with Gasteiger partial charge in [-0.05, 0) is 29.7 Å².